The molecule has 0 amide bonds. The van der Waals surface area contributed by atoms with Crippen LogP contribution in [0, 0.1) is 3.57 Å². The van der Waals surface area contributed by atoms with Crippen molar-refractivity contribution in [3.05, 3.63) is 33.4 Å². The molecular formula is C16H10F15IO. The highest BCUT2D eigenvalue weighted by Crippen LogP contribution is 2.63. The van der Waals surface area contributed by atoms with Crippen molar-refractivity contribution in [2.45, 2.75) is 54.2 Å². The first kappa shape index (κ1) is 29.9. The first-order valence-corrected chi connectivity index (χ1v) is 9.12. The van der Waals surface area contributed by atoms with Gasteiger partial charge in [0, 0.05) is 17.1 Å². The van der Waals surface area contributed by atoms with Gasteiger partial charge in [0.25, 0.3) is 0 Å². The summed E-state index contributed by atoms with van der Waals surface area (Å²) in [4.78, 5) is 0. The fourth-order valence-electron chi connectivity index (χ4n) is 2.40. The van der Waals surface area contributed by atoms with Gasteiger partial charge in [0.15, 0.2) is 0 Å². The standard InChI is InChI=1S/C16H10F15IO/c1-33-9(7-3-2-4-8(32)5-7)6-10(17,18)11(19,20)12(21,22)13(23,24)14(25,26)15(27,28)16(29,30)31/h2-5,9H,6H2,1H3. The minimum absolute atomic E-state index is 0.271. The van der Waals surface area contributed by atoms with Crippen molar-refractivity contribution in [1.82, 2.24) is 0 Å². The molecule has 0 N–H and O–H groups in total. The molecule has 0 heterocycles. The van der Waals surface area contributed by atoms with Crippen LogP contribution in [-0.2, 0) is 4.74 Å². The van der Waals surface area contributed by atoms with Crippen LogP contribution in [0.5, 0.6) is 0 Å². The molecule has 1 unspecified atom stereocenters. The summed E-state index contributed by atoms with van der Waals surface area (Å²) < 4.78 is 203. The number of halogens is 16. The van der Waals surface area contributed by atoms with Crippen molar-refractivity contribution in [3.8, 4) is 0 Å². The van der Waals surface area contributed by atoms with Crippen LogP contribution in [0.3, 0.4) is 0 Å². The summed E-state index contributed by atoms with van der Waals surface area (Å²) in [6, 6.07) is 4.46. The Hall–Kier alpha value is -1.14. The Kier molecular flexibility index (Phi) is 7.99. The lowest BCUT2D eigenvalue weighted by Gasteiger charge is -2.42. The van der Waals surface area contributed by atoms with Crippen molar-refractivity contribution in [2.24, 2.45) is 0 Å². The summed E-state index contributed by atoms with van der Waals surface area (Å²) in [5, 5.41) is 0. The molecule has 1 aromatic carbocycles. The predicted octanol–water partition coefficient (Wildman–Crippen LogP) is 7.74. The number of hydrogen-bond donors (Lipinski definition) is 0. The van der Waals surface area contributed by atoms with E-state index < -0.39 is 54.2 Å². The van der Waals surface area contributed by atoms with Crippen LogP contribution in [0.1, 0.15) is 18.1 Å². The van der Waals surface area contributed by atoms with E-state index in [4.69, 9.17) is 0 Å². The maximum absolute atomic E-state index is 14.1. The van der Waals surface area contributed by atoms with E-state index >= 15 is 0 Å². The van der Waals surface area contributed by atoms with Gasteiger partial charge in [-0.1, -0.05) is 12.1 Å². The van der Waals surface area contributed by atoms with E-state index in [-0.39, 0.29) is 9.13 Å². The van der Waals surface area contributed by atoms with Crippen LogP contribution in [0.4, 0.5) is 65.9 Å². The maximum Gasteiger partial charge on any atom is 0.460 e. The van der Waals surface area contributed by atoms with Crippen LogP contribution in [0.2, 0.25) is 0 Å². The van der Waals surface area contributed by atoms with Crippen LogP contribution >= 0.6 is 22.6 Å². The third-order valence-electron chi connectivity index (χ3n) is 4.34. The molecule has 0 aliphatic heterocycles. The molecule has 1 nitrogen and oxygen atoms in total. The molecular weight excluding hydrogens is 620 g/mol. The Balaban J connectivity index is 3.50. The molecule has 0 aromatic heterocycles. The van der Waals surface area contributed by atoms with E-state index in [0.717, 1.165) is 18.2 Å². The average Bonchev–Trinajstić information content (AvgIpc) is 2.64. The van der Waals surface area contributed by atoms with Gasteiger partial charge in [-0.3, -0.25) is 0 Å². The van der Waals surface area contributed by atoms with E-state index in [9.17, 15) is 65.9 Å². The van der Waals surface area contributed by atoms with E-state index in [0.29, 0.717) is 7.11 Å². The quantitative estimate of drug-likeness (QED) is 0.201. The average molecular weight is 630 g/mol. The Labute approximate surface area is 188 Å². The first-order valence-electron chi connectivity index (χ1n) is 8.04. The summed E-state index contributed by atoms with van der Waals surface area (Å²) in [6.45, 7) is 0. The van der Waals surface area contributed by atoms with Crippen molar-refractivity contribution in [1.29, 1.82) is 0 Å². The summed E-state index contributed by atoms with van der Waals surface area (Å²) in [5.41, 5.74) is -0.385. The molecule has 1 aromatic rings. The van der Waals surface area contributed by atoms with Gasteiger partial charge in [-0.2, -0.15) is 65.9 Å². The van der Waals surface area contributed by atoms with Crippen LogP contribution < -0.4 is 0 Å². The Morgan fingerprint density at radius 3 is 1.52 bits per heavy atom. The highest BCUT2D eigenvalue weighted by Gasteiger charge is 2.93. The SMILES string of the molecule is COC(CC(F)(F)C(F)(F)C(F)(F)C(F)(F)C(F)(F)C(F)(F)C(F)(F)F)c1cccc(I)c1. The Bertz CT molecular complexity index is 833. The molecule has 0 aliphatic carbocycles. The van der Waals surface area contributed by atoms with Crippen molar-refractivity contribution in [3.63, 3.8) is 0 Å². The fourth-order valence-corrected chi connectivity index (χ4v) is 2.97. The van der Waals surface area contributed by atoms with Gasteiger partial charge in [-0.15, -0.1) is 0 Å². The first-order chi connectivity index (χ1) is 14.4. The van der Waals surface area contributed by atoms with E-state index in [1.54, 1.807) is 22.6 Å². The van der Waals surface area contributed by atoms with Crippen molar-refractivity contribution >= 4 is 22.6 Å². The Morgan fingerprint density at radius 1 is 0.697 bits per heavy atom. The molecule has 1 atom stereocenters. The largest absolute Gasteiger partial charge is 0.460 e. The Morgan fingerprint density at radius 2 is 1.12 bits per heavy atom. The van der Waals surface area contributed by atoms with Gasteiger partial charge in [-0.05, 0) is 40.3 Å². The molecule has 1 rings (SSSR count). The molecule has 0 saturated heterocycles. The van der Waals surface area contributed by atoms with Gasteiger partial charge >= 0.3 is 41.7 Å². The number of benzene rings is 1. The highest BCUT2D eigenvalue weighted by atomic mass is 127. The molecule has 17 heteroatoms. The minimum atomic E-state index is -8.29. The number of methoxy groups -OCH3 is 1. The summed E-state index contributed by atoms with van der Waals surface area (Å²) in [7, 11) is 0.601. The van der Waals surface area contributed by atoms with Gasteiger partial charge in [0.05, 0.1) is 6.10 Å². The lowest BCUT2D eigenvalue weighted by Crippen LogP contribution is -2.72. The normalized spacial score (nSPS) is 16.2. The minimum Gasteiger partial charge on any atom is -0.377 e. The lowest BCUT2D eigenvalue weighted by molar-refractivity contribution is -0.453. The molecule has 192 valence electrons. The van der Waals surface area contributed by atoms with Crippen LogP contribution in [0.25, 0.3) is 0 Å². The summed E-state index contributed by atoms with van der Waals surface area (Å²) >= 11 is 1.60. The molecule has 33 heavy (non-hydrogen) atoms. The molecule has 0 fully saturated rings. The summed E-state index contributed by atoms with van der Waals surface area (Å²) in [6.07, 6.45) is -12.4. The zero-order valence-electron chi connectivity index (χ0n) is 15.5. The van der Waals surface area contributed by atoms with Gasteiger partial charge < -0.3 is 4.74 Å². The van der Waals surface area contributed by atoms with Crippen molar-refractivity contribution in [2.75, 3.05) is 7.11 Å². The van der Waals surface area contributed by atoms with Gasteiger partial charge in [0.1, 0.15) is 0 Å². The zero-order chi connectivity index (χ0) is 26.5. The van der Waals surface area contributed by atoms with Crippen LogP contribution in [-0.4, -0.2) is 48.8 Å². The lowest BCUT2D eigenvalue weighted by atomic mass is 9.88. The molecule has 0 saturated carbocycles. The number of ether oxygens (including phenoxy) is 1. The predicted molar refractivity (Wildman–Crippen MR) is 89.3 cm³/mol. The molecule has 0 radical (unpaired) electrons. The second kappa shape index (κ2) is 8.82. The number of rotatable bonds is 9. The highest BCUT2D eigenvalue weighted by molar-refractivity contribution is 14.1. The van der Waals surface area contributed by atoms with E-state index in [1.807, 2.05) is 0 Å². The topological polar surface area (TPSA) is 9.23 Å². The van der Waals surface area contributed by atoms with E-state index in [2.05, 4.69) is 4.74 Å². The maximum atomic E-state index is 14.1. The van der Waals surface area contributed by atoms with Gasteiger partial charge in [-0.25, -0.2) is 0 Å². The number of hydrogen-bond acceptors (Lipinski definition) is 1. The second-order valence-electron chi connectivity index (χ2n) is 6.56. The molecule has 0 aliphatic rings. The fraction of sp³-hybridized carbons (Fsp3) is 0.625. The van der Waals surface area contributed by atoms with Gasteiger partial charge in [0.2, 0.25) is 0 Å². The smallest absolute Gasteiger partial charge is 0.377 e. The number of alkyl halides is 15. The van der Waals surface area contributed by atoms with E-state index in [1.165, 1.54) is 6.07 Å². The summed E-state index contributed by atoms with van der Waals surface area (Å²) in [5.74, 6) is -46.5. The monoisotopic (exact) mass is 630 g/mol. The molecule has 0 spiro atoms. The zero-order valence-corrected chi connectivity index (χ0v) is 17.7. The van der Waals surface area contributed by atoms with Crippen LogP contribution in [0.15, 0.2) is 24.3 Å². The molecule has 0 bridgehead atoms. The second-order valence-corrected chi connectivity index (χ2v) is 7.80. The third-order valence-corrected chi connectivity index (χ3v) is 5.01. The third kappa shape index (κ3) is 4.71. The van der Waals surface area contributed by atoms with Crippen molar-refractivity contribution < 1.29 is 70.6 Å².